The Labute approximate surface area is 97.8 Å². The van der Waals surface area contributed by atoms with E-state index in [2.05, 4.69) is 45.9 Å². The summed E-state index contributed by atoms with van der Waals surface area (Å²) in [5.41, 5.74) is 1.38. The molecular formula is C13H21N3. The van der Waals surface area contributed by atoms with E-state index in [0.717, 1.165) is 32.7 Å². The lowest BCUT2D eigenvalue weighted by atomic mass is 10.1. The van der Waals surface area contributed by atoms with Gasteiger partial charge in [-0.15, -0.1) is 0 Å². The van der Waals surface area contributed by atoms with E-state index in [9.17, 15) is 0 Å². The molecule has 16 heavy (non-hydrogen) atoms. The lowest BCUT2D eigenvalue weighted by Crippen LogP contribution is -2.46. The SMILES string of the molecule is CNC(CN1CCNCC1)c1ccccc1. The Kier molecular flexibility index (Phi) is 4.34. The molecule has 0 amide bonds. The summed E-state index contributed by atoms with van der Waals surface area (Å²) < 4.78 is 0. The number of piperazine rings is 1. The topological polar surface area (TPSA) is 27.3 Å². The maximum atomic E-state index is 3.40. The van der Waals surface area contributed by atoms with Crippen LogP contribution in [0.2, 0.25) is 0 Å². The van der Waals surface area contributed by atoms with Crippen molar-refractivity contribution in [3.8, 4) is 0 Å². The molecule has 0 radical (unpaired) electrons. The average molecular weight is 219 g/mol. The molecule has 1 heterocycles. The number of hydrogen-bond acceptors (Lipinski definition) is 3. The summed E-state index contributed by atoms with van der Waals surface area (Å²) in [7, 11) is 2.04. The first-order chi connectivity index (χ1) is 7.90. The molecule has 0 spiro atoms. The van der Waals surface area contributed by atoms with Gasteiger partial charge in [-0.25, -0.2) is 0 Å². The highest BCUT2D eigenvalue weighted by atomic mass is 15.2. The van der Waals surface area contributed by atoms with E-state index in [-0.39, 0.29) is 0 Å². The van der Waals surface area contributed by atoms with Crippen LogP contribution >= 0.6 is 0 Å². The van der Waals surface area contributed by atoms with Gasteiger partial charge in [0.1, 0.15) is 0 Å². The number of hydrogen-bond donors (Lipinski definition) is 2. The number of rotatable bonds is 4. The van der Waals surface area contributed by atoms with Crippen molar-refractivity contribution in [1.29, 1.82) is 0 Å². The predicted molar refractivity (Wildman–Crippen MR) is 67.6 cm³/mol. The van der Waals surface area contributed by atoms with Gasteiger partial charge in [-0.1, -0.05) is 30.3 Å². The molecule has 0 aromatic heterocycles. The van der Waals surface area contributed by atoms with Crippen LogP contribution in [-0.4, -0.2) is 44.7 Å². The zero-order chi connectivity index (χ0) is 11.2. The molecule has 1 aromatic carbocycles. The maximum absolute atomic E-state index is 3.40. The molecule has 1 aliphatic rings. The second kappa shape index (κ2) is 5.99. The zero-order valence-corrected chi connectivity index (χ0v) is 9.95. The summed E-state index contributed by atoms with van der Waals surface area (Å²) in [6.45, 7) is 5.65. The molecule has 1 aliphatic heterocycles. The van der Waals surface area contributed by atoms with Crippen LogP contribution < -0.4 is 10.6 Å². The summed E-state index contributed by atoms with van der Waals surface area (Å²) in [5.74, 6) is 0. The third-order valence-corrected chi connectivity index (χ3v) is 3.20. The monoisotopic (exact) mass is 219 g/mol. The van der Waals surface area contributed by atoms with Crippen molar-refractivity contribution in [3.05, 3.63) is 35.9 Å². The Morgan fingerprint density at radius 2 is 1.94 bits per heavy atom. The van der Waals surface area contributed by atoms with Crippen LogP contribution in [0.15, 0.2) is 30.3 Å². The first kappa shape index (κ1) is 11.6. The number of nitrogens with zero attached hydrogens (tertiary/aromatic N) is 1. The van der Waals surface area contributed by atoms with Crippen molar-refractivity contribution in [2.24, 2.45) is 0 Å². The third kappa shape index (κ3) is 3.04. The van der Waals surface area contributed by atoms with E-state index < -0.39 is 0 Å². The van der Waals surface area contributed by atoms with Crippen LogP contribution in [0.3, 0.4) is 0 Å². The highest BCUT2D eigenvalue weighted by Gasteiger charge is 2.15. The van der Waals surface area contributed by atoms with E-state index in [4.69, 9.17) is 0 Å². The molecule has 0 aliphatic carbocycles. The summed E-state index contributed by atoms with van der Waals surface area (Å²) in [6.07, 6.45) is 0. The Morgan fingerprint density at radius 1 is 1.25 bits per heavy atom. The highest BCUT2D eigenvalue weighted by Crippen LogP contribution is 2.13. The van der Waals surface area contributed by atoms with Crippen molar-refractivity contribution >= 4 is 0 Å². The molecule has 1 fully saturated rings. The van der Waals surface area contributed by atoms with Gasteiger partial charge in [0.15, 0.2) is 0 Å². The van der Waals surface area contributed by atoms with Gasteiger partial charge in [-0.05, 0) is 12.6 Å². The molecule has 3 heteroatoms. The number of benzene rings is 1. The minimum absolute atomic E-state index is 0.444. The minimum Gasteiger partial charge on any atom is -0.314 e. The fourth-order valence-corrected chi connectivity index (χ4v) is 2.20. The zero-order valence-electron chi connectivity index (χ0n) is 9.95. The van der Waals surface area contributed by atoms with E-state index in [1.54, 1.807) is 0 Å². The van der Waals surface area contributed by atoms with Crippen LogP contribution in [0.5, 0.6) is 0 Å². The van der Waals surface area contributed by atoms with E-state index >= 15 is 0 Å². The van der Waals surface area contributed by atoms with Crippen LogP contribution in [0.25, 0.3) is 0 Å². The van der Waals surface area contributed by atoms with Crippen LogP contribution in [0.1, 0.15) is 11.6 Å². The third-order valence-electron chi connectivity index (χ3n) is 3.20. The molecule has 3 nitrogen and oxygen atoms in total. The van der Waals surface area contributed by atoms with Crippen molar-refractivity contribution in [3.63, 3.8) is 0 Å². The fraction of sp³-hybridized carbons (Fsp3) is 0.538. The fourth-order valence-electron chi connectivity index (χ4n) is 2.20. The molecule has 2 N–H and O–H groups in total. The molecule has 1 atom stereocenters. The second-order valence-corrected chi connectivity index (χ2v) is 4.30. The average Bonchev–Trinajstić information content (AvgIpc) is 2.38. The maximum Gasteiger partial charge on any atom is 0.0446 e. The van der Waals surface area contributed by atoms with Crippen molar-refractivity contribution < 1.29 is 0 Å². The highest BCUT2D eigenvalue weighted by molar-refractivity contribution is 5.19. The largest absolute Gasteiger partial charge is 0.314 e. The Hall–Kier alpha value is -0.900. The van der Waals surface area contributed by atoms with E-state index in [1.165, 1.54) is 5.56 Å². The molecule has 1 unspecified atom stereocenters. The van der Waals surface area contributed by atoms with Gasteiger partial charge in [0.2, 0.25) is 0 Å². The van der Waals surface area contributed by atoms with Crippen molar-refractivity contribution in [1.82, 2.24) is 15.5 Å². The molecular weight excluding hydrogens is 198 g/mol. The molecule has 0 saturated carbocycles. The van der Waals surface area contributed by atoms with E-state index in [0.29, 0.717) is 6.04 Å². The molecule has 0 bridgehead atoms. The first-order valence-electron chi connectivity index (χ1n) is 6.05. The quantitative estimate of drug-likeness (QED) is 0.786. The second-order valence-electron chi connectivity index (χ2n) is 4.30. The summed E-state index contributed by atoms with van der Waals surface area (Å²) >= 11 is 0. The van der Waals surface area contributed by atoms with Crippen LogP contribution in [0, 0.1) is 0 Å². The van der Waals surface area contributed by atoms with Gasteiger partial charge in [-0.3, -0.25) is 4.90 Å². The summed E-state index contributed by atoms with van der Waals surface area (Å²) in [6, 6.07) is 11.1. The molecule has 2 rings (SSSR count). The van der Waals surface area contributed by atoms with Gasteiger partial charge < -0.3 is 10.6 Å². The predicted octanol–water partition coefficient (Wildman–Crippen LogP) is 0.852. The molecule has 88 valence electrons. The van der Waals surface area contributed by atoms with Crippen LogP contribution in [0.4, 0.5) is 0 Å². The molecule has 1 saturated heterocycles. The summed E-state index contributed by atoms with van der Waals surface area (Å²) in [5, 5.41) is 6.79. The lowest BCUT2D eigenvalue weighted by molar-refractivity contribution is 0.219. The Balaban J connectivity index is 1.94. The van der Waals surface area contributed by atoms with Gasteiger partial charge in [0.25, 0.3) is 0 Å². The van der Waals surface area contributed by atoms with Gasteiger partial charge in [0, 0.05) is 38.8 Å². The smallest absolute Gasteiger partial charge is 0.0446 e. The Bertz CT molecular complexity index is 293. The Morgan fingerprint density at radius 3 is 2.56 bits per heavy atom. The van der Waals surface area contributed by atoms with Gasteiger partial charge in [0.05, 0.1) is 0 Å². The normalized spacial score (nSPS) is 19.6. The van der Waals surface area contributed by atoms with Gasteiger partial charge in [-0.2, -0.15) is 0 Å². The van der Waals surface area contributed by atoms with Crippen molar-refractivity contribution in [2.45, 2.75) is 6.04 Å². The lowest BCUT2D eigenvalue weighted by Gasteiger charge is -2.31. The first-order valence-corrected chi connectivity index (χ1v) is 6.05. The minimum atomic E-state index is 0.444. The number of nitrogens with one attached hydrogen (secondary N) is 2. The van der Waals surface area contributed by atoms with Gasteiger partial charge >= 0.3 is 0 Å². The van der Waals surface area contributed by atoms with E-state index in [1.807, 2.05) is 7.05 Å². The summed E-state index contributed by atoms with van der Waals surface area (Å²) in [4.78, 5) is 2.52. The van der Waals surface area contributed by atoms with Crippen LogP contribution in [-0.2, 0) is 0 Å². The number of likely N-dealkylation sites (N-methyl/N-ethyl adjacent to an activating group) is 1. The van der Waals surface area contributed by atoms with Crippen molar-refractivity contribution in [2.75, 3.05) is 39.8 Å². The standard InChI is InChI=1S/C13H21N3/c1-14-13(12-5-3-2-4-6-12)11-16-9-7-15-8-10-16/h2-6,13-15H,7-11H2,1H3. The molecule has 1 aromatic rings.